The molecule has 0 saturated heterocycles. The highest BCUT2D eigenvalue weighted by molar-refractivity contribution is 5.73. The normalized spacial score (nSPS) is 22.1. The molecule has 0 fully saturated rings. The van der Waals surface area contributed by atoms with E-state index in [2.05, 4.69) is 62.0 Å². The van der Waals surface area contributed by atoms with Crippen LogP contribution in [0, 0.1) is 5.92 Å². The SMILES string of the molecule is CCC(C)C1NNC(C)=C1c1ccccc1.[HH]. The van der Waals surface area contributed by atoms with Gasteiger partial charge in [-0.25, -0.2) is 5.43 Å². The van der Waals surface area contributed by atoms with Gasteiger partial charge in [-0.3, -0.25) is 0 Å². The third kappa shape index (κ3) is 1.98. The Labute approximate surface area is 99.2 Å². The number of hydrogen-bond acceptors (Lipinski definition) is 2. The lowest BCUT2D eigenvalue weighted by Crippen LogP contribution is -2.36. The van der Waals surface area contributed by atoms with Crippen molar-refractivity contribution in [1.29, 1.82) is 0 Å². The zero-order chi connectivity index (χ0) is 11.5. The fourth-order valence-electron chi connectivity index (χ4n) is 2.24. The summed E-state index contributed by atoms with van der Waals surface area (Å²) in [6.07, 6.45) is 1.18. The summed E-state index contributed by atoms with van der Waals surface area (Å²) in [7, 11) is 0. The zero-order valence-electron chi connectivity index (χ0n) is 10.2. The van der Waals surface area contributed by atoms with Crippen molar-refractivity contribution in [2.45, 2.75) is 33.2 Å². The second-order valence-corrected chi connectivity index (χ2v) is 4.54. The topological polar surface area (TPSA) is 24.1 Å². The summed E-state index contributed by atoms with van der Waals surface area (Å²) >= 11 is 0. The summed E-state index contributed by atoms with van der Waals surface area (Å²) in [5.74, 6) is 0.639. The van der Waals surface area contributed by atoms with Crippen molar-refractivity contribution in [3.05, 3.63) is 41.6 Å². The van der Waals surface area contributed by atoms with E-state index in [9.17, 15) is 0 Å². The number of nitrogens with one attached hydrogen (secondary N) is 2. The van der Waals surface area contributed by atoms with Crippen LogP contribution in [0.5, 0.6) is 0 Å². The molecule has 2 nitrogen and oxygen atoms in total. The summed E-state index contributed by atoms with van der Waals surface area (Å²) in [6, 6.07) is 11.1. The van der Waals surface area contributed by atoms with Gasteiger partial charge in [-0.15, -0.1) is 0 Å². The van der Waals surface area contributed by atoms with Gasteiger partial charge in [0.2, 0.25) is 0 Å². The monoisotopic (exact) mass is 218 g/mol. The molecule has 0 aliphatic carbocycles. The van der Waals surface area contributed by atoms with Gasteiger partial charge < -0.3 is 5.43 Å². The molecule has 1 aromatic rings. The molecule has 2 rings (SSSR count). The van der Waals surface area contributed by atoms with Crippen molar-refractivity contribution >= 4 is 5.57 Å². The van der Waals surface area contributed by atoms with Gasteiger partial charge in [-0.2, -0.15) is 0 Å². The molecule has 0 saturated carbocycles. The number of benzene rings is 1. The van der Waals surface area contributed by atoms with Crippen LogP contribution in [0.3, 0.4) is 0 Å². The second kappa shape index (κ2) is 4.71. The van der Waals surface area contributed by atoms with Crippen molar-refractivity contribution < 1.29 is 1.43 Å². The van der Waals surface area contributed by atoms with Crippen LogP contribution in [0.1, 0.15) is 34.2 Å². The molecule has 1 heterocycles. The number of rotatable bonds is 3. The van der Waals surface area contributed by atoms with E-state index in [1.165, 1.54) is 23.3 Å². The first-order chi connectivity index (χ1) is 7.74. The fourth-order valence-corrected chi connectivity index (χ4v) is 2.24. The van der Waals surface area contributed by atoms with Crippen molar-refractivity contribution in [2.24, 2.45) is 5.92 Å². The first kappa shape index (κ1) is 11.2. The number of hydrogen-bond donors (Lipinski definition) is 2. The third-order valence-corrected chi connectivity index (χ3v) is 3.43. The Balaban J connectivity index is 0.00000144. The lowest BCUT2D eigenvalue weighted by Gasteiger charge is -2.21. The minimum absolute atomic E-state index is 0. The van der Waals surface area contributed by atoms with Gasteiger partial charge in [0.1, 0.15) is 0 Å². The molecule has 1 aliphatic heterocycles. The average Bonchev–Trinajstić information content (AvgIpc) is 2.71. The Morgan fingerprint density at radius 1 is 1.31 bits per heavy atom. The molecule has 0 aromatic heterocycles. The van der Waals surface area contributed by atoms with Crippen LogP contribution in [0.15, 0.2) is 36.0 Å². The number of hydrazine groups is 1. The maximum atomic E-state index is 3.38. The van der Waals surface area contributed by atoms with Crippen LogP contribution >= 0.6 is 0 Å². The molecule has 1 aromatic carbocycles. The molecule has 2 heteroatoms. The van der Waals surface area contributed by atoms with E-state index in [1.54, 1.807) is 0 Å². The van der Waals surface area contributed by atoms with Gasteiger partial charge in [-0.1, -0.05) is 50.6 Å². The smallest absolute Gasteiger partial charge is 0.0558 e. The van der Waals surface area contributed by atoms with Gasteiger partial charge in [-0.05, 0) is 24.0 Å². The Bertz CT molecular complexity index is 386. The van der Waals surface area contributed by atoms with Gasteiger partial charge >= 0.3 is 0 Å². The van der Waals surface area contributed by atoms with Crippen LogP contribution in [0.2, 0.25) is 0 Å². The van der Waals surface area contributed by atoms with Gasteiger partial charge in [0.05, 0.1) is 6.04 Å². The molecule has 16 heavy (non-hydrogen) atoms. The maximum absolute atomic E-state index is 3.38. The van der Waals surface area contributed by atoms with Gasteiger partial charge in [0.15, 0.2) is 0 Å². The predicted octanol–water partition coefficient (Wildman–Crippen LogP) is 3.19. The molecule has 0 bridgehead atoms. The standard InChI is InChI=1S/C14H20N2.H2/c1-4-10(2)14-13(11(3)15-16-14)12-8-6-5-7-9-12;/h5-10,14-16H,4H2,1-3H3;1H. The van der Waals surface area contributed by atoms with Gasteiger partial charge in [0.25, 0.3) is 0 Å². The Morgan fingerprint density at radius 3 is 2.62 bits per heavy atom. The second-order valence-electron chi connectivity index (χ2n) is 4.54. The average molecular weight is 218 g/mol. The van der Waals surface area contributed by atoms with Crippen molar-refractivity contribution in [3.8, 4) is 0 Å². The summed E-state index contributed by atoms with van der Waals surface area (Å²) in [4.78, 5) is 0. The lowest BCUT2D eigenvalue weighted by atomic mass is 9.88. The first-order valence-electron chi connectivity index (χ1n) is 6.01. The maximum Gasteiger partial charge on any atom is 0.0558 e. The largest absolute Gasteiger partial charge is 0.325 e. The first-order valence-corrected chi connectivity index (χ1v) is 6.01. The van der Waals surface area contributed by atoms with Gasteiger partial charge in [0, 0.05) is 7.12 Å². The Kier molecular flexibility index (Phi) is 3.30. The summed E-state index contributed by atoms with van der Waals surface area (Å²) in [5.41, 5.74) is 10.6. The minimum atomic E-state index is 0. The Morgan fingerprint density at radius 2 is 2.00 bits per heavy atom. The van der Waals surface area contributed by atoms with Crippen LogP contribution in [-0.4, -0.2) is 6.04 Å². The molecule has 0 radical (unpaired) electrons. The van der Waals surface area contributed by atoms with E-state index < -0.39 is 0 Å². The molecule has 0 spiro atoms. The highest BCUT2D eigenvalue weighted by Gasteiger charge is 2.27. The van der Waals surface area contributed by atoms with Crippen molar-refractivity contribution in [2.75, 3.05) is 0 Å². The van der Waals surface area contributed by atoms with Crippen LogP contribution in [0.4, 0.5) is 0 Å². The third-order valence-electron chi connectivity index (χ3n) is 3.43. The molecule has 2 atom stereocenters. The van der Waals surface area contributed by atoms with E-state index >= 15 is 0 Å². The minimum Gasteiger partial charge on any atom is -0.325 e. The van der Waals surface area contributed by atoms with E-state index in [0.29, 0.717) is 12.0 Å². The van der Waals surface area contributed by atoms with Crippen LogP contribution in [-0.2, 0) is 0 Å². The molecule has 88 valence electrons. The van der Waals surface area contributed by atoms with Crippen LogP contribution in [0.25, 0.3) is 5.57 Å². The molecule has 0 amide bonds. The molecule has 2 N–H and O–H groups in total. The Hall–Kier alpha value is -1.28. The molecular weight excluding hydrogens is 196 g/mol. The molecule has 1 aliphatic rings. The van der Waals surface area contributed by atoms with E-state index in [0.717, 1.165) is 0 Å². The summed E-state index contributed by atoms with van der Waals surface area (Å²) in [5, 5.41) is 0. The highest BCUT2D eigenvalue weighted by atomic mass is 15.4. The molecular formula is C14H22N2. The highest BCUT2D eigenvalue weighted by Crippen LogP contribution is 2.29. The summed E-state index contributed by atoms with van der Waals surface area (Å²) < 4.78 is 0. The van der Waals surface area contributed by atoms with Crippen LogP contribution < -0.4 is 10.9 Å². The van der Waals surface area contributed by atoms with E-state index in [4.69, 9.17) is 0 Å². The van der Waals surface area contributed by atoms with E-state index in [1.807, 2.05) is 0 Å². The zero-order valence-corrected chi connectivity index (χ0v) is 10.2. The number of allylic oxidation sites excluding steroid dienone is 1. The molecule has 2 unspecified atom stereocenters. The lowest BCUT2D eigenvalue weighted by molar-refractivity contribution is 0.428. The van der Waals surface area contributed by atoms with E-state index in [-0.39, 0.29) is 1.43 Å². The summed E-state index contributed by atoms with van der Waals surface area (Å²) in [6.45, 7) is 6.67. The van der Waals surface area contributed by atoms with Crippen molar-refractivity contribution in [1.82, 2.24) is 10.9 Å². The van der Waals surface area contributed by atoms with Crippen molar-refractivity contribution in [3.63, 3.8) is 0 Å². The fraction of sp³-hybridized carbons (Fsp3) is 0.429. The quantitative estimate of drug-likeness (QED) is 0.814. The predicted molar refractivity (Wildman–Crippen MR) is 70.7 cm³/mol.